The molecule has 1 aliphatic rings. The second-order valence-electron chi connectivity index (χ2n) is 6.58. The number of rotatable bonds is 5. The molecule has 0 saturated carbocycles. The number of piperidine rings is 1. The lowest BCUT2D eigenvalue weighted by molar-refractivity contribution is 0.0584. The molecule has 2 aromatic carbocycles. The molecular weight excluding hydrogens is 388 g/mol. The maximum absolute atomic E-state index is 13.7. The van der Waals surface area contributed by atoms with Crippen molar-refractivity contribution < 1.29 is 26.7 Å². The summed E-state index contributed by atoms with van der Waals surface area (Å²) in [6, 6.07) is 9.32. The summed E-state index contributed by atoms with van der Waals surface area (Å²) in [4.78, 5) is 14.5. The van der Waals surface area contributed by atoms with E-state index < -0.39 is 21.5 Å². The van der Waals surface area contributed by atoms with Crippen LogP contribution in [0.15, 0.2) is 47.4 Å². The molecule has 3 rings (SSSR count). The van der Waals surface area contributed by atoms with E-state index in [2.05, 4.69) is 0 Å². The smallest absolute Gasteiger partial charge is 0.255 e. The molecule has 0 atom stereocenters. The number of nitrogens with zero attached hydrogens (tertiary/aromatic N) is 1. The van der Waals surface area contributed by atoms with E-state index in [0.717, 1.165) is 12.1 Å². The number of benzene rings is 2. The molecule has 1 fully saturated rings. The van der Waals surface area contributed by atoms with Gasteiger partial charge in [0.05, 0.1) is 16.2 Å². The quantitative estimate of drug-likeness (QED) is 0.759. The molecular formula is C20H21F2NO4S. The van der Waals surface area contributed by atoms with Crippen molar-refractivity contribution in [2.75, 3.05) is 18.8 Å². The van der Waals surface area contributed by atoms with Crippen LogP contribution in [0.2, 0.25) is 0 Å². The van der Waals surface area contributed by atoms with Crippen LogP contribution in [0.3, 0.4) is 0 Å². The lowest BCUT2D eigenvalue weighted by Gasteiger charge is -2.32. The first-order chi connectivity index (χ1) is 13.3. The highest BCUT2D eigenvalue weighted by atomic mass is 32.2. The second-order valence-corrected chi connectivity index (χ2v) is 8.83. The van der Waals surface area contributed by atoms with Gasteiger partial charge in [-0.15, -0.1) is 0 Å². The minimum Gasteiger partial charge on any atom is -0.487 e. The second kappa shape index (κ2) is 8.26. The number of carbonyl (C=O) groups excluding carboxylic acids is 1. The first-order valence-corrected chi connectivity index (χ1v) is 10.7. The molecule has 1 amide bonds. The van der Waals surface area contributed by atoms with E-state index in [1.165, 1.54) is 25.1 Å². The summed E-state index contributed by atoms with van der Waals surface area (Å²) >= 11 is 0. The molecule has 28 heavy (non-hydrogen) atoms. The molecule has 0 bridgehead atoms. The number of hydrogen-bond donors (Lipinski definition) is 0. The van der Waals surface area contributed by atoms with E-state index in [-0.39, 0.29) is 34.0 Å². The van der Waals surface area contributed by atoms with E-state index in [9.17, 15) is 22.0 Å². The maximum Gasteiger partial charge on any atom is 0.255 e. The van der Waals surface area contributed by atoms with Crippen molar-refractivity contribution in [3.05, 3.63) is 59.7 Å². The molecule has 0 aromatic heterocycles. The van der Waals surface area contributed by atoms with Gasteiger partial charge in [0, 0.05) is 32.0 Å². The van der Waals surface area contributed by atoms with E-state index in [0.29, 0.717) is 25.9 Å². The predicted molar refractivity (Wildman–Crippen MR) is 100 cm³/mol. The third-order valence-corrected chi connectivity index (χ3v) is 6.54. The monoisotopic (exact) mass is 409 g/mol. The van der Waals surface area contributed by atoms with Gasteiger partial charge in [-0.2, -0.15) is 0 Å². The van der Waals surface area contributed by atoms with Crippen molar-refractivity contribution in [1.82, 2.24) is 4.90 Å². The maximum atomic E-state index is 13.7. The molecule has 5 nitrogen and oxygen atoms in total. The number of carbonyl (C=O) groups is 1. The van der Waals surface area contributed by atoms with Crippen molar-refractivity contribution in [3.8, 4) is 5.75 Å². The average molecular weight is 409 g/mol. The summed E-state index contributed by atoms with van der Waals surface area (Å²) in [5.74, 6) is -1.90. The van der Waals surface area contributed by atoms with Gasteiger partial charge >= 0.3 is 0 Å². The Bertz CT molecular complexity index is 970. The zero-order valence-corrected chi connectivity index (χ0v) is 16.2. The first-order valence-electron chi connectivity index (χ1n) is 9.04. The fourth-order valence-electron chi connectivity index (χ4n) is 3.17. The molecule has 2 aromatic rings. The van der Waals surface area contributed by atoms with Crippen LogP contribution >= 0.6 is 0 Å². The highest BCUT2D eigenvalue weighted by Crippen LogP contribution is 2.25. The molecule has 0 N–H and O–H groups in total. The van der Waals surface area contributed by atoms with Crippen LogP contribution in [-0.2, 0) is 9.84 Å². The van der Waals surface area contributed by atoms with Crippen molar-refractivity contribution in [2.24, 2.45) is 0 Å². The molecule has 1 aliphatic heterocycles. The SMILES string of the molecule is CCS(=O)(=O)c1ccccc1C(=O)N1CCC(Oc2ccc(F)cc2F)CC1. The van der Waals surface area contributed by atoms with Crippen molar-refractivity contribution >= 4 is 15.7 Å². The highest BCUT2D eigenvalue weighted by Gasteiger charge is 2.28. The van der Waals surface area contributed by atoms with Crippen LogP contribution in [0.25, 0.3) is 0 Å². The highest BCUT2D eigenvalue weighted by molar-refractivity contribution is 7.91. The van der Waals surface area contributed by atoms with Crippen LogP contribution in [-0.4, -0.2) is 44.2 Å². The minimum absolute atomic E-state index is 0.0226. The Kier molecular flexibility index (Phi) is 5.98. The zero-order chi connectivity index (χ0) is 20.3. The molecule has 150 valence electrons. The molecule has 1 heterocycles. The largest absolute Gasteiger partial charge is 0.487 e. The molecule has 1 saturated heterocycles. The normalized spacial score (nSPS) is 15.5. The summed E-state index contributed by atoms with van der Waals surface area (Å²) in [6.07, 6.45) is 0.620. The lowest BCUT2D eigenvalue weighted by atomic mass is 10.1. The van der Waals surface area contributed by atoms with Gasteiger partial charge in [-0.1, -0.05) is 19.1 Å². The lowest BCUT2D eigenvalue weighted by Crippen LogP contribution is -2.42. The number of hydrogen-bond acceptors (Lipinski definition) is 4. The van der Waals surface area contributed by atoms with Gasteiger partial charge in [0.2, 0.25) is 0 Å². The Morgan fingerprint density at radius 2 is 1.82 bits per heavy atom. The first kappa shape index (κ1) is 20.3. The molecule has 8 heteroatoms. The van der Waals surface area contributed by atoms with Gasteiger partial charge in [0.25, 0.3) is 5.91 Å². The Balaban J connectivity index is 1.68. The standard InChI is InChI=1S/C20H21F2NO4S/c1-2-28(25,26)19-6-4-3-5-16(19)20(24)23-11-9-15(10-12-23)27-18-8-7-14(21)13-17(18)22/h3-8,13,15H,2,9-12H2,1H3. The molecule has 0 unspecified atom stereocenters. The van der Waals surface area contributed by atoms with E-state index >= 15 is 0 Å². The van der Waals surface area contributed by atoms with E-state index in [4.69, 9.17) is 4.74 Å². The summed E-state index contributed by atoms with van der Waals surface area (Å²) in [5, 5.41) is 0. The number of likely N-dealkylation sites (tertiary alicyclic amines) is 1. The number of amides is 1. The van der Waals surface area contributed by atoms with Gasteiger partial charge in [0.1, 0.15) is 11.9 Å². The molecule has 0 spiro atoms. The fourth-order valence-corrected chi connectivity index (χ4v) is 4.25. The molecule has 0 radical (unpaired) electrons. The Morgan fingerprint density at radius 1 is 1.14 bits per heavy atom. The average Bonchev–Trinajstić information content (AvgIpc) is 2.70. The van der Waals surface area contributed by atoms with Crippen molar-refractivity contribution in [2.45, 2.75) is 30.8 Å². The fraction of sp³-hybridized carbons (Fsp3) is 0.350. The Labute approximate surface area is 162 Å². The van der Waals surface area contributed by atoms with Crippen LogP contribution < -0.4 is 4.74 Å². The summed E-state index contributed by atoms with van der Waals surface area (Å²) in [7, 11) is -3.52. The number of halogens is 2. The molecule has 0 aliphatic carbocycles. The Hall–Kier alpha value is -2.48. The van der Waals surface area contributed by atoms with Crippen LogP contribution in [0.4, 0.5) is 8.78 Å². The minimum atomic E-state index is -3.52. The van der Waals surface area contributed by atoms with Crippen molar-refractivity contribution in [1.29, 1.82) is 0 Å². The van der Waals surface area contributed by atoms with E-state index in [1.807, 2.05) is 0 Å². The summed E-state index contributed by atoms with van der Waals surface area (Å²) in [5.41, 5.74) is 0.160. The van der Waals surface area contributed by atoms with E-state index in [1.54, 1.807) is 17.0 Å². The zero-order valence-electron chi connectivity index (χ0n) is 15.4. The van der Waals surface area contributed by atoms with Crippen LogP contribution in [0.5, 0.6) is 5.75 Å². The number of sulfone groups is 1. The van der Waals surface area contributed by atoms with Gasteiger partial charge in [-0.05, 0) is 24.3 Å². The third kappa shape index (κ3) is 4.32. The Morgan fingerprint density at radius 3 is 2.46 bits per heavy atom. The van der Waals surface area contributed by atoms with Gasteiger partial charge < -0.3 is 9.64 Å². The topological polar surface area (TPSA) is 63.7 Å². The van der Waals surface area contributed by atoms with Crippen LogP contribution in [0.1, 0.15) is 30.1 Å². The van der Waals surface area contributed by atoms with Crippen molar-refractivity contribution in [3.63, 3.8) is 0 Å². The summed E-state index contributed by atoms with van der Waals surface area (Å²) < 4.78 is 56.9. The third-order valence-electron chi connectivity index (χ3n) is 4.75. The van der Waals surface area contributed by atoms with Gasteiger partial charge in [-0.3, -0.25) is 4.79 Å². The summed E-state index contributed by atoms with van der Waals surface area (Å²) in [6.45, 7) is 2.24. The number of ether oxygens (including phenoxy) is 1. The van der Waals surface area contributed by atoms with Crippen LogP contribution in [0, 0.1) is 11.6 Å². The van der Waals surface area contributed by atoms with Gasteiger partial charge in [-0.25, -0.2) is 17.2 Å². The van der Waals surface area contributed by atoms with Gasteiger partial charge in [0.15, 0.2) is 21.4 Å². The predicted octanol–water partition coefficient (Wildman–Crippen LogP) is 3.44.